The maximum absolute atomic E-state index is 5.88. The molecule has 0 N–H and O–H groups in total. The highest BCUT2D eigenvalue weighted by atomic mass is 16.7. The van der Waals surface area contributed by atoms with Gasteiger partial charge in [0.2, 0.25) is 6.29 Å². The van der Waals surface area contributed by atoms with Gasteiger partial charge in [0, 0.05) is 6.42 Å². The lowest BCUT2D eigenvalue weighted by Crippen LogP contribution is -2.32. The van der Waals surface area contributed by atoms with E-state index in [-0.39, 0.29) is 6.29 Å². The number of rotatable bonds is 7. The van der Waals surface area contributed by atoms with E-state index in [0.717, 1.165) is 44.0 Å². The van der Waals surface area contributed by atoms with Gasteiger partial charge in [-0.25, -0.2) is 0 Å². The summed E-state index contributed by atoms with van der Waals surface area (Å²) in [4.78, 5) is 0. The molecule has 2 fully saturated rings. The number of hydrogen-bond acceptors (Lipinski definition) is 4. The van der Waals surface area contributed by atoms with Gasteiger partial charge in [-0.2, -0.15) is 0 Å². The number of benzene rings is 2. The van der Waals surface area contributed by atoms with E-state index in [9.17, 15) is 0 Å². The van der Waals surface area contributed by atoms with Crippen molar-refractivity contribution in [2.75, 3.05) is 19.8 Å². The van der Waals surface area contributed by atoms with Gasteiger partial charge in [0.25, 0.3) is 0 Å². The lowest BCUT2D eigenvalue weighted by Gasteiger charge is -2.28. The number of aryl methyl sites for hydroxylation is 1. The molecule has 4 heteroatoms. The molecule has 0 saturated carbocycles. The molecule has 0 aromatic heterocycles. The zero-order chi connectivity index (χ0) is 19.6. The molecule has 5 rings (SSSR count). The fraction of sp³-hybridized carbons (Fsp3) is 0.440. The highest BCUT2D eigenvalue weighted by molar-refractivity contribution is 5.68. The maximum Gasteiger partial charge on any atom is 0.202 e. The van der Waals surface area contributed by atoms with Gasteiger partial charge in [-0.3, -0.25) is 0 Å². The van der Waals surface area contributed by atoms with Crippen LogP contribution in [0.3, 0.4) is 0 Å². The lowest BCUT2D eigenvalue weighted by atomic mass is 9.82. The van der Waals surface area contributed by atoms with E-state index in [2.05, 4.69) is 55.5 Å². The summed E-state index contributed by atoms with van der Waals surface area (Å²) in [6, 6.07) is 15.1. The topological polar surface area (TPSA) is 40.2 Å². The highest BCUT2D eigenvalue weighted by Gasteiger charge is 2.23. The van der Waals surface area contributed by atoms with E-state index in [1.165, 1.54) is 28.7 Å². The van der Waals surface area contributed by atoms with E-state index >= 15 is 0 Å². The highest BCUT2D eigenvalue weighted by Crippen LogP contribution is 2.37. The molecule has 2 aliphatic heterocycles. The van der Waals surface area contributed by atoms with E-state index in [1.54, 1.807) is 0 Å². The molecule has 2 aromatic rings. The van der Waals surface area contributed by atoms with E-state index < -0.39 is 0 Å². The van der Waals surface area contributed by atoms with Gasteiger partial charge >= 0.3 is 0 Å². The molecule has 2 aromatic carbocycles. The van der Waals surface area contributed by atoms with Crippen LogP contribution in [-0.2, 0) is 9.47 Å². The van der Waals surface area contributed by atoms with Crippen LogP contribution < -0.4 is 9.47 Å². The number of epoxide rings is 1. The van der Waals surface area contributed by atoms with Crippen molar-refractivity contribution in [1.82, 2.24) is 0 Å². The maximum atomic E-state index is 5.88. The summed E-state index contributed by atoms with van der Waals surface area (Å²) in [7, 11) is 0. The van der Waals surface area contributed by atoms with Crippen LogP contribution in [0, 0.1) is 6.92 Å². The van der Waals surface area contributed by atoms with Crippen LogP contribution in [0.1, 0.15) is 48.3 Å². The van der Waals surface area contributed by atoms with E-state index in [0.29, 0.717) is 18.6 Å². The van der Waals surface area contributed by atoms with Crippen LogP contribution in [0.5, 0.6) is 11.5 Å². The molecular formula is C25H28O4. The molecule has 2 saturated heterocycles. The molecule has 4 nitrogen and oxygen atoms in total. The first-order chi connectivity index (χ1) is 14.2. The smallest absolute Gasteiger partial charge is 0.202 e. The number of hydrogen-bond donors (Lipinski definition) is 0. The molecule has 0 bridgehead atoms. The van der Waals surface area contributed by atoms with Crippen LogP contribution in [0.15, 0.2) is 48.5 Å². The summed E-state index contributed by atoms with van der Waals surface area (Å²) in [5.41, 5.74) is 5.33. The Morgan fingerprint density at radius 3 is 2.48 bits per heavy atom. The third-order valence-electron chi connectivity index (χ3n) is 6.06. The summed E-state index contributed by atoms with van der Waals surface area (Å²) in [5, 5.41) is 0. The van der Waals surface area contributed by atoms with Crippen LogP contribution in [0.4, 0.5) is 0 Å². The Balaban J connectivity index is 1.20. The summed E-state index contributed by atoms with van der Waals surface area (Å²) < 4.78 is 22.2. The number of ether oxygens (including phenoxy) is 4. The number of allylic oxidation sites excluding steroid dienone is 2. The van der Waals surface area contributed by atoms with Crippen LogP contribution >= 0.6 is 0 Å². The molecule has 3 atom stereocenters. The first-order valence-electron chi connectivity index (χ1n) is 10.7. The molecule has 2 heterocycles. The van der Waals surface area contributed by atoms with Crippen molar-refractivity contribution in [2.24, 2.45) is 0 Å². The van der Waals surface area contributed by atoms with Crippen molar-refractivity contribution in [3.63, 3.8) is 0 Å². The molecular weight excluding hydrogens is 364 g/mol. The van der Waals surface area contributed by atoms with Gasteiger partial charge in [0.05, 0.1) is 13.2 Å². The minimum absolute atomic E-state index is 0.0620. The fourth-order valence-corrected chi connectivity index (χ4v) is 4.02. The summed E-state index contributed by atoms with van der Waals surface area (Å²) in [6.45, 7) is 4.41. The second kappa shape index (κ2) is 8.21. The lowest BCUT2D eigenvalue weighted by molar-refractivity contribution is -0.165. The Morgan fingerprint density at radius 1 is 1.03 bits per heavy atom. The first-order valence-corrected chi connectivity index (χ1v) is 10.7. The average Bonchev–Trinajstić information content (AvgIpc) is 3.55. The Bertz CT molecular complexity index is 878. The van der Waals surface area contributed by atoms with Crippen molar-refractivity contribution in [1.29, 1.82) is 0 Å². The standard InChI is InChI=1S/C25H28O4/c1-17-14-21(8-11-24(17)29-25-12-13-26-25)20-4-2-18(3-5-20)19-6-9-22(10-7-19)27-15-23-16-28-23/h4,6-11,14,18,23,25H,2-3,5,12-13,15-16H2,1H3. The van der Waals surface area contributed by atoms with Crippen LogP contribution in [-0.4, -0.2) is 32.2 Å². The minimum Gasteiger partial charge on any atom is -0.491 e. The zero-order valence-corrected chi connectivity index (χ0v) is 16.9. The van der Waals surface area contributed by atoms with E-state index in [4.69, 9.17) is 18.9 Å². The van der Waals surface area contributed by atoms with Crippen LogP contribution in [0.25, 0.3) is 5.57 Å². The third-order valence-corrected chi connectivity index (χ3v) is 6.06. The molecule has 3 aliphatic rings. The van der Waals surface area contributed by atoms with Gasteiger partial charge in [-0.1, -0.05) is 24.3 Å². The van der Waals surface area contributed by atoms with Gasteiger partial charge in [-0.15, -0.1) is 0 Å². The van der Waals surface area contributed by atoms with E-state index in [1.807, 2.05) is 0 Å². The Morgan fingerprint density at radius 2 is 1.86 bits per heavy atom. The second-order valence-corrected chi connectivity index (χ2v) is 8.22. The average molecular weight is 392 g/mol. The van der Waals surface area contributed by atoms with Crippen molar-refractivity contribution < 1.29 is 18.9 Å². The molecule has 0 spiro atoms. The van der Waals surface area contributed by atoms with Crippen molar-refractivity contribution in [3.05, 3.63) is 65.2 Å². The van der Waals surface area contributed by atoms with Gasteiger partial charge in [0.1, 0.15) is 24.2 Å². The molecule has 3 unspecified atom stereocenters. The van der Waals surface area contributed by atoms with Crippen LogP contribution in [0.2, 0.25) is 0 Å². The van der Waals surface area contributed by atoms with Gasteiger partial charge < -0.3 is 18.9 Å². The van der Waals surface area contributed by atoms with Crippen molar-refractivity contribution in [3.8, 4) is 11.5 Å². The Hall–Kier alpha value is -2.30. The molecule has 0 radical (unpaired) electrons. The fourth-order valence-electron chi connectivity index (χ4n) is 4.02. The first kappa shape index (κ1) is 18.7. The SMILES string of the molecule is Cc1cc(C2=CCC(c3ccc(OCC4CO4)cc3)CC2)ccc1OC1CCO1. The second-order valence-electron chi connectivity index (χ2n) is 8.22. The zero-order valence-electron chi connectivity index (χ0n) is 16.9. The summed E-state index contributed by atoms with van der Waals surface area (Å²) in [6.07, 6.45) is 6.99. The molecule has 152 valence electrons. The predicted octanol–water partition coefficient (Wildman–Crippen LogP) is 5.25. The quantitative estimate of drug-likeness (QED) is 0.604. The summed E-state index contributed by atoms with van der Waals surface area (Å²) in [5.74, 6) is 2.45. The van der Waals surface area contributed by atoms with Crippen molar-refractivity contribution in [2.45, 2.75) is 50.9 Å². The largest absolute Gasteiger partial charge is 0.491 e. The minimum atomic E-state index is -0.0620. The normalized spacial score (nSPS) is 25.7. The van der Waals surface area contributed by atoms with Crippen molar-refractivity contribution >= 4 is 5.57 Å². The van der Waals surface area contributed by atoms with Gasteiger partial charge in [-0.05, 0) is 78.6 Å². The third kappa shape index (κ3) is 4.49. The Kier molecular flexibility index (Phi) is 5.30. The predicted molar refractivity (Wildman–Crippen MR) is 112 cm³/mol. The summed E-state index contributed by atoms with van der Waals surface area (Å²) >= 11 is 0. The monoisotopic (exact) mass is 392 g/mol. The molecule has 29 heavy (non-hydrogen) atoms. The molecule has 0 amide bonds. The molecule has 1 aliphatic carbocycles. The Labute approximate surface area is 172 Å². The van der Waals surface area contributed by atoms with Gasteiger partial charge in [0.15, 0.2) is 0 Å².